The van der Waals surface area contributed by atoms with Crippen LogP contribution in [-0.2, 0) is 5.11 Å². The van der Waals surface area contributed by atoms with Gasteiger partial charge >= 0.3 is 0 Å². The minimum absolute atomic E-state index is 0.387. The molecule has 2 nitrogen and oxygen atoms in total. The van der Waals surface area contributed by atoms with Crippen LogP contribution in [0.15, 0.2) is 18.2 Å². The number of halogens is 2. The summed E-state index contributed by atoms with van der Waals surface area (Å²) in [5, 5.41) is 10.8. The molecule has 0 saturated heterocycles. The summed E-state index contributed by atoms with van der Waals surface area (Å²) in [6.07, 6.45) is 0. The quantitative estimate of drug-likeness (QED) is 0.662. The highest BCUT2D eigenvalue weighted by molar-refractivity contribution is 6.42. The molecule has 1 rings (SSSR count). The van der Waals surface area contributed by atoms with Crippen molar-refractivity contribution in [1.82, 2.24) is 0 Å². The van der Waals surface area contributed by atoms with Crippen LogP contribution < -0.4 is 4.74 Å². The van der Waals surface area contributed by atoms with E-state index < -0.39 is 6.79 Å². The Bertz CT molecular complexity index is 250. The van der Waals surface area contributed by atoms with Gasteiger partial charge in [-0.25, -0.2) is 0 Å². The van der Waals surface area contributed by atoms with Crippen LogP contribution in [0, 0.1) is 0 Å². The van der Waals surface area contributed by atoms with Gasteiger partial charge in [-0.15, -0.1) is 0 Å². The lowest BCUT2D eigenvalue weighted by Crippen LogP contribution is -1.92. The van der Waals surface area contributed by atoms with Crippen molar-refractivity contribution in [1.29, 1.82) is 0 Å². The van der Waals surface area contributed by atoms with Crippen molar-refractivity contribution in [2.24, 2.45) is 0 Å². The molecule has 0 atom stereocenters. The Balaban J connectivity index is 2.86. The van der Waals surface area contributed by atoms with Gasteiger partial charge in [0.15, 0.2) is 0 Å². The van der Waals surface area contributed by atoms with Gasteiger partial charge in [0, 0.05) is 6.07 Å². The summed E-state index contributed by atoms with van der Waals surface area (Å²) in [4.78, 5) is 0. The Morgan fingerprint density at radius 3 is 2.55 bits per heavy atom. The van der Waals surface area contributed by atoms with Crippen molar-refractivity contribution >= 4 is 23.2 Å². The second kappa shape index (κ2) is 3.81. The molecule has 0 N–H and O–H groups in total. The monoisotopic (exact) mass is 191 g/mol. The van der Waals surface area contributed by atoms with Crippen molar-refractivity contribution < 1.29 is 9.84 Å². The average Bonchev–Trinajstić information content (AvgIpc) is 1.98. The predicted octanol–water partition coefficient (Wildman–Crippen LogP) is 2.76. The molecule has 0 aliphatic rings. The van der Waals surface area contributed by atoms with Gasteiger partial charge in [-0.2, -0.15) is 5.11 Å². The summed E-state index contributed by atoms with van der Waals surface area (Å²) in [6.45, 7) is -0.613. The lowest BCUT2D eigenvalue weighted by molar-refractivity contribution is 0.0376. The third-order valence-electron chi connectivity index (χ3n) is 1.12. The van der Waals surface area contributed by atoms with Gasteiger partial charge in [-0.3, -0.25) is 0 Å². The number of hydrogen-bond donors (Lipinski definition) is 0. The molecular weight excluding hydrogens is 187 g/mol. The van der Waals surface area contributed by atoms with Crippen LogP contribution in [0.5, 0.6) is 5.75 Å². The molecular formula is C7H5Cl2O2. The van der Waals surface area contributed by atoms with Gasteiger partial charge in [0.25, 0.3) is 0 Å². The van der Waals surface area contributed by atoms with Crippen molar-refractivity contribution in [3.63, 3.8) is 0 Å². The van der Waals surface area contributed by atoms with Crippen LogP contribution in [0.2, 0.25) is 10.0 Å². The zero-order valence-electron chi connectivity index (χ0n) is 5.51. The van der Waals surface area contributed by atoms with Crippen molar-refractivity contribution in [3.8, 4) is 5.75 Å². The van der Waals surface area contributed by atoms with Gasteiger partial charge in [0.2, 0.25) is 6.79 Å². The minimum atomic E-state index is -0.613. The van der Waals surface area contributed by atoms with Gasteiger partial charge < -0.3 is 4.74 Å². The smallest absolute Gasteiger partial charge is 0.221 e. The van der Waals surface area contributed by atoms with Crippen LogP contribution >= 0.6 is 23.2 Å². The molecule has 0 aliphatic heterocycles. The Labute approximate surface area is 74.3 Å². The maximum Gasteiger partial charge on any atom is 0.221 e. The number of hydrogen-bond acceptors (Lipinski definition) is 1. The van der Waals surface area contributed by atoms with E-state index in [0.717, 1.165) is 0 Å². The second-order valence-electron chi connectivity index (χ2n) is 1.84. The average molecular weight is 192 g/mol. The predicted molar refractivity (Wildman–Crippen MR) is 42.6 cm³/mol. The highest BCUT2D eigenvalue weighted by Crippen LogP contribution is 2.25. The van der Waals surface area contributed by atoms with E-state index in [1.54, 1.807) is 12.1 Å². The zero-order chi connectivity index (χ0) is 8.27. The maximum absolute atomic E-state index is 10.00. The van der Waals surface area contributed by atoms with Crippen molar-refractivity contribution in [3.05, 3.63) is 28.2 Å². The van der Waals surface area contributed by atoms with E-state index in [-0.39, 0.29) is 0 Å². The first kappa shape index (κ1) is 8.65. The normalized spacial score (nSPS) is 9.73. The highest BCUT2D eigenvalue weighted by atomic mass is 35.5. The van der Waals surface area contributed by atoms with Crippen LogP contribution in [0.4, 0.5) is 0 Å². The molecule has 0 saturated carbocycles. The molecule has 0 aromatic heterocycles. The molecule has 0 aliphatic carbocycles. The SMILES string of the molecule is [O]COc1ccc(Cl)c(Cl)c1. The Hall–Kier alpha value is -0.440. The zero-order valence-corrected chi connectivity index (χ0v) is 7.02. The Morgan fingerprint density at radius 1 is 1.27 bits per heavy atom. The van der Waals surface area contributed by atoms with Crippen molar-refractivity contribution in [2.45, 2.75) is 0 Å². The molecule has 0 fully saturated rings. The second-order valence-corrected chi connectivity index (χ2v) is 2.65. The van der Waals surface area contributed by atoms with Gasteiger partial charge in [0.05, 0.1) is 10.0 Å². The summed E-state index contributed by atoms with van der Waals surface area (Å²) in [7, 11) is 0. The highest BCUT2D eigenvalue weighted by Gasteiger charge is 1.98. The van der Waals surface area contributed by atoms with E-state index in [4.69, 9.17) is 23.2 Å². The van der Waals surface area contributed by atoms with Gasteiger partial charge in [-0.1, -0.05) is 23.2 Å². The Kier molecular flexibility index (Phi) is 3.00. The van der Waals surface area contributed by atoms with E-state index in [1.165, 1.54) is 6.07 Å². The maximum atomic E-state index is 10.00. The third kappa shape index (κ3) is 2.26. The molecule has 11 heavy (non-hydrogen) atoms. The molecule has 0 bridgehead atoms. The standard InChI is InChI=1S/C7H5Cl2O2/c8-6-2-1-5(11-4-10)3-7(6)9/h1-3H,4H2. The summed E-state index contributed by atoms with van der Waals surface area (Å²) < 4.78 is 4.64. The van der Waals surface area contributed by atoms with E-state index in [1.807, 2.05) is 0 Å². The lowest BCUT2D eigenvalue weighted by Gasteiger charge is -2.01. The lowest BCUT2D eigenvalue weighted by atomic mass is 10.3. The van der Waals surface area contributed by atoms with E-state index in [2.05, 4.69) is 4.74 Å². The third-order valence-corrected chi connectivity index (χ3v) is 1.86. The molecule has 0 amide bonds. The van der Waals surface area contributed by atoms with Gasteiger partial charge in [0.1, 0.15) is 5.75 Å². The molecule has 0 unspecified atom stereocenters. The number of benzene rings is 1. The largest absolute Gasteiger partial charge is 0.465 e. The molecule has 1 radical (unpaired) electrons. The topological polar surface area (TPSA) is 29.1 Å². The fourth-order valence-electron chi connectivity index (χ4n) is 0.635. The van der Waals surface area contributed by atoms with E-state index >= 15 is 0 Å². The number of rotatable bonds is 2. The first-order valence-corrected chi connectivity index (χ1v) is 3.65. The summed E-state index contributed by atoms with van der Waals surface area (Å²) >= 11 is 11.3. The van der Waals surface area contributed by atoms with E-state index in [0.29, 0.717) is 15.8 Å². The van der Waals surface area contributed by atoms with Crippen molar-refractivity contribution in [2.75, 3.05) is 6.79 Å². The number of ether oxygens (including phenoxy) is 1. The fraction of sp³-hybridized carbons (Fsp3) is 0.143. The summed E-state index contributed by atoms with van der Waals surface area (Å²) in [6, 6.07) is 4.67. The molecule has 1 aromatic rings. The summed E-state index contributed by atoms with van der Waals surface area (Å²) in [5.41, 5.74) is 0. The molecule has 59 valence electrons. The Morgan fingerprint density at radius 2 is 2.00 bits per heavy atom. The molecule has 4 heteroatoms. The molecule has 0 spiro atoms. The van der Waals surface area contributed by atoms with E-state index in [9.17, 15) is 5.11 Å². The molecule has 1 aromatic carbocycles. The van der Waals surface area contributed by atoms with Crippen LogP contribution in [0.25, 0.3) is 0 Å². The minimum Gasteiger partial charge on any atom is -0.465 e. The van der Waals surface area contributed by atoms with Gasteiger partial charge in [-0.05, 0) is 12.1 Å². The molecule has 0 heterocycles. The van der Waals surface area contributed by atoms with Crippen LogP contribution in [0.1, 0.15) is 0 Å². The van der Waals surface area contributed by atoms with Crippen LogP contribution in [-0.4, -0.2) is 6.79 Å². The summed E-state index contributed by atoms with van der Waals surface area (Å²) in [5.74, 6) is 0.439. The van der Waals surface area contributed by atoms with Crippen LogP contribution in [0.3, 0.4) is 0 Å². The first-order chi connectivity index (χ1) is 5.24. The fourth-order valence-corrected chi connectivity index (χ4v) is 0.923. The first-order valence-electron chi connectivity index (χ1n) is 2.90.